The Balaban J connectivity index is 2.44. The molecule has 1 aliphatic carbocycles. The molecule has 0 bridgehead atoms. The molecule has 0 heterocycles. The molecule has 0 saturated carbocycles. The van der Waals surface area contributed by atoms with E-state index in [9.17, 15) is 0 Å². The summed E-state index contributed by atoms with van der Waals surface area (Å²) in [4.78, 5) is 0. The first-order valence-corrected chi connectivity index (χ1v) is 3.68. The van der Waals surface area contributed by atoms with E-state index in [0.717, 1.165) is 6.61 Å². The van der Waals surface area contributed by atoms with Crippen molar-refractivity contribution in [2.45, 2.75) is 6.92 Å². The quantitative estimate of drug-likeness (QED) is 0.567. The molecule has 0 aliphatic heterocycles. The fourth-order valence-corrected chi connectivity index (χ4v) is 1.16. The number of allylic oxidation sites excluding steroid dienone is 3. The van der Waals surface area contributed by atoms with E-state index in [2.05, 4.69) is 31.2 Å². The highest BCUT2D eigenvalue weighted by Gasteiger charge is 2.12. The molecule has 1 rings (SSSR count). The van der Waals surface area contributed by atoms with E-state index >= 15 is 0 Å². The van der Waals surface area contributed by atoms with Crippen LogP contribution in [0.1, 0.15) is 6.92 Å². The zero-order valence-electron chi connectivity index (χ0n) is 6.58. The van der Waals surface area contributed by atoms with Crippen molar-refractivity contribution in [3.63, 3.8) is 0 Å². The maximum Gasteiger partial charge on any atom is 0.0530 e. The summed E-state index contributed by atoms with van der Waals surface area (Å²) in [5.74, 6) is 1.21. The molecule has 2 atom stereocenters. The van der Waals surface area contributed by atoms with Crippen molar-refractivity contribution >= 4 is 0 Å². The van der Waals surface area contributed by atoms with Crippen LogP contribution >= 0.6 is 0 Å². The van der Waals surface area contributed by atoms with Gasteiger partial charge in [-0.3, -0.25) is 0 Å². The van der Waals surface area contributed by atoms with Gasteiger partial charge in [0, 0.05) is 13.0 Å². The Kier molecular flexibility index (Phi) is 2.69. The van der Waals surface area contributed by atoms with Crippen LogP contribution in [-0.4, -0.2) is 13.7 Å². The standard InChI is InChI=1S/C9H14O/c1-8-5-3-4-6-9(8)7-10-2/h3-6,8-9H,7H2,1-2H3/t8-,9?/m1/s1. The molecule has 56 valence electrons. The molecule has 0 aromatic heterocycles. The Labute approximate surface area is 62.4 Å². The predicted octanol–water partition coefficient (Wildman–Crippen LogP) is 2.01. The number of rotatable bonds is 2. The molecule has 0 aromatic carbocycles. The summed E-state index contributed by atoms with van der Waals surface area (Å²) >= 11 is 0. The van der Waals surface area contributed by atoms with E-state index in [4.69, 9.17) is 4.74 Å². The third kappa shape index (κ3) is 1.71. The number of ether oxygens (including phenoxy) is 1. The van der Waals surface area contributed by atoms with Crippen LogP contribution in [0.5, 0.6) is 0 Å². The van der Waals surface area contributed by atoms with Gasteiger partial charge in [0.15, 0.2) is 0 Å². The number of hydrogen-bond acceptors (Lipinski definition) is 1. The molecule has 1 unspecified atom stereocenters. The van der Waals surface area contributed by atoms with Crippen LogP contribution in [0.4, 0.5) is 0 Å². The maximum absolute atomic E-state index is 5.07. The topological polar surface area (TPSA) is 9.23 Å². The molecule has 0 amide bonds. The van der Waals surface area contributed by atoms with Crippen LogP contribution in [0.2, 0.25) is 0 Å². The summed E-state index contributed by atoms with van der Waals surface area (Å²) in [7, 11) is 1.75. The normalized spacial score (nSPS) is 31.0. The highest BCUT2D eigenvalue weighted by Crippen LogP contribution is 2.18. The molecule has 0 aromatic rings. The molecule has 0 radical (unpaired) electrons. The SMILES string of the molecule is COCC1C=CC=C[C@H]1C. The van der Waals surface area contributed by atoms with Gasteiger partial charge in [0.05, 0.1) is 6.61 Å². The van der Waals surface area contributed by atoms with E-state index in [0.29, 0.717) is 11.8 Å². The summed E-state index contributed by atoms with van der Waals surface area (Å²) in [5, 5.41) is 0. The molecule has 1 nitrogen and oxygen atoms in total. The average molecular weight is 138 g/mol. The first kappa shape index (κ1) is 7.55. The Morgan fingerprint density at radius 2 is 2.00 bits per heavy atom. The molecular weight excluding hydrogens is 124 g/mol. The van der Waals surface area contributed by atoms with E-state index < -0.39 is 0 Å². The lowest BCUT2D eigenvalue weighted by Gasteiger charge is -2.18. The van der Waals surface area contributed by atoms with E-state index in [1.165, 1.54) is 0 Å². The second-order valence-corrected chi connectivity index (χ2v) is 2.75. The third-order valence-electron chi connectivity index (χ3n) is 1.92. The molecule has 0 fully saturated rings. The van der Waals surface area contributed by atoms with Gasteiger partial charge in [0.25, 0.3) is 0 Å². The molecule has 0 N–H and O–H groups in total. The highest BCUT2D eigenvalue weighted by molar-refractivity contribution is 5.13. The van der Waals surface area contributed by atoms with E-state index in [1.54, 1.807) is 7.11 Å². The summed E-state index contributed by atoms with van der Waals surface area (Å²) in [6.07, 6.45) is 8.60. The van der Waals surface area contributed by atoms with Crippen LogP contribution in [0, 0.1) is 11.8 Å². The third-order valence-corrected chi connectivity index (χ3v) is 1.92. The van der Waals surface area contributed by atoms with Crippen LogP contribution in [-0.2, 0) is 4.74 Å². The van der Waals surface area contributed by atoms with Gasteiger partial charge in [-0.15, -0.1) is 0 Å². The number of hydrogen-bond donors (Lipinski definition) is 0. The minimum atomic E-state index is 0.579. The lowest BCUT2D eigenvalue weighted by atomic mass is 9.91. The zero-order valence-corrected chi connectivity index (χ0v) is 6.58. The van der Waals surface area contributed by atoms with Crippen molar-refractivity contribution in [3.8, 4) is 0 Å². The molecule has 0 saturated heterocycles. The van der Waals surface area contributed by atoms with Crippen LogP contribution < -0.4 is 0 Å². The largest absolute Gasteiger partial charge is 0.384 e. The fourth-order valence-electron chi connectivity index (χ4n) is 1.16. The summed E-state index contributed by atoms with van der Waals surface area (Å²) in [6.45, 7) is 3.05. The van der Waals surface area contributed by atoms with Crippen molar-refractivity contribution in [3.05, 3.63) is 24.3 Å². The van der Waals surface area contributed by atoms with Crippen LogP contribution in [0.3, 0.4) is 0 Å². The predicted molar refractivity (Wildman–Crippen MR) is 42.8 cm³/mol. The lowest BCUT2D eigenvalue weighted by Crippen LogP contribution is -2.14. The summed E-state index contributed by atoms with van der Waals surface area (Å²) < 4.78 is 5.07. The summed E-state index contributed by atoms with van der Waals surface area (Å²) in [5.41, 5.74) is 0. The molecule has 10 heavy (non-hydrogen) atoms. The molecule has 0 spiro atoms. The summed E-state index contributed by atoms with van der Waals surface area (Å²) in [6, 6.07) is 0. The van der Waals surface area contributed by atoms with Gasteiger partial charge in [-0.1, -0.05) is 31.2 Å². The van der Waals surface area contributed by atoms with Gasteiger partial charge in [-0.25, -0.2) is 0 Å². The lowest BCUT2D eigenvalue weighted by molar-refractivity contribution is 0.156. The number of methoxy groups -OCH3 is 1. The van der Waals surface area contributed by atoms with Crippen molar-refractivity contribution in [2.75, 3.05) is 13.7 Å². The van der Waals surface area contributed by atoms with Gasteiger partial charge >= 0.3 is 0 Å². The molecular formula is C9H14O. The zero-order chi connectivity index (χ0) is 7.40. The second kappa shape index (κ2) is 3.57. The fraction of sp³-hybridized carbons (Fsp3) is 0.556. The van der Waals surface area contributed by atoms with Crippen molar-refractivity contribution in [1.29, 1.82) is 0 Å². The highest BCUT2D eigenvalue weighted by atomic mass is 16.5. The Hall–Kier alpha value is -0.560. The Bertz CT molecular complexity index is 147. The minimum absolute atomic E-state index is 0.579. The van der Waals surface area contributed by atoms with E-state index in [1.807, 2.05) is 0 Å². The Morgan fingerprint density at radius 3 is 2.60 bits per heavy atom. The van der Waals surface area contributed by atoms with Gasteiger partial charge < -0.3 is 4.74 Å². The Morgan fingerprint density at radius 1 is 1.30 bits per heavy atom. The first-order chi connectivity index (χ1) is 4.84. The molecule has 1 heteroatoms. The van der Waals surface area contributed by atoms with Gasteiger partial charge in [0.2, 0.25) is 0 Å². The van der Waals surface area contributed by atoms with Crippen molar-refractivity contribution in [1.82, 2.24) is 0 Å². The minimum Gasteiger partial charge on any atom is -0.384 e. The van der Waals surface area contributed by atoms with Crippen molar-refractivity contribution < 1.29 is 4.74 Å². The van der Waals surface area contributed by atoms with Gasteiger partial charge in [0.1, 0.15) is 0 Å². The van der Waals surface area contributed by atoms with Crippen LogP contribution in [0.25, 0.3) is 0 Å². The van der Waals surface area contributed by atoms with E-state index in [-0.39, 0.29) is 0 Å². The second-order valence-electron chi connectivity index (χ2n) is 2.75. The van der Waals surface area contributed by atoms with Crippen LogP contribution in [0.15, 0.2) is 24.3 Å². The maximum atomic E-state index is 5.07. The van der Waals surface area contributed by atoms with Crippen molar-refractivity contribution in [2.24, 2.45) is 11.8 Å². The smallest absolute Gasteiger partial charge is 0.0530 e. The first-order valence-electron chi connectivity index (χ1n) is 3.68. The van der Waals surface area contributed by atoms with Gasteiger partial charge in [-0.05, 0) is 5.92 Å². The average Bonchev–Trinajstić information content (AvgIpc) is 1.94. The molecule has 1 aliphatic rings. The van der Waals surface area contributed by atoms with Gasteiger partial charge in [-0.2, -0.15) is 0 Å². The monoisotopic (exact) mass is 138 g/mol.